The van der Waals surface area contributed by atoms with E-state index in [1.807, 2.05) is 0 Å². The molecule has 4 nitrogen and oxygen atoms in total. The van der Waals surface area contributed by atoms with Crippen molar-refractivity contribution < 1.29 is 0 Å². The van der Waals surface area contributed by atoms with E-state index in [4.69, 9.17) is 0 Å². The normalized spacial score (nSPS) is 24.0. The van der Waals surface area contributed by atoms with Crippen molar-refractivity contribution in [1.29, 1.82) is 0 Å². The molecule has 0 atom stereocenters. The van der Waals surface area contributed by atoms with Gasteiger partial charge in [0, 0.05) is 39.3 Å². The average Bonchev–Trinajstić information content (AvgIpc) is 2.29. The largest absolute Gasteiger partial charge is 0.315 e. The zero-order valence-corrected chi connectivity index (χ0v) is 10.5. The molecule has 4 N–H and O–H groups in total. The Balaban J connectivity index is 2.00. The van der Waals surface area contributed by atoms with E-state index in [2.05, 4.69) is 21.3 Å². The maximum absolute atomic E-state index is 3.47. The Kier molecular flexibility index (Phi) is 9.84. The third kappa shape index (κ3) is 9.09. The Hall–Kier alpha value is -0.160. The second kappa shape index (κ2) is 11.3. The second-order valence-electron chi connectivity index (χ2n) is 4.41. The van der Waals surface area contributed by atoms with Gasteiger partial charge in [-0.3, -0.25) is 0 Å². The molecule has 1 aliphatic heterocycles. The molecule has 1 aliphatic rings. The predicted molar refractivity (Wildman–Crippen MR) is 69.9 cm³/mol. The van der Waals surface area contributed by atoms with E-state index >= 15 is 0 Å². The zero-order valence-electron chi connectivity index (χ0n) is 10.5. The highest BCUT2D eigenvalue weighted by atomic mass is 15.0. The maximum Gasteiger partial charge on any atom is 0.00772 e. The lowest BCUT2D eigenvalue weighted by molar-refractivity contribution is 0.527. The van der Waals surface area contributed by atoms with E-state index < -0.39 is 0 Å². The summed E-state index contributed by atoms with van der Waals surface area (Å²) in [6.45, 7) is 8.85. The van der Waals surface area contributed by atoms with Crippen molar-refractivity contribution in [2.24, 2.45) is 0 Å². The van der Waals surface area contributed by atoms with Crippen molar-refractivity contribution in [1.82, 2.24) is 21.3 Å². The monoisotopic (exact) mass is 228 g/mol. The molecule has 0 aliphatic carbocycles. The van der Waals surface area contributed by atoms with E-state index in [0.717, 1.165) is 39.3 Å². The summed E-state index contributed by atoms with van der Waals surface area (Å²) < 4.78 is 0. The van der Waals surface area contributed by atoms with E-state index in [-0.39, 0.29) is 0 Å². The van der Waals surface area contributed by atoms with Crippen LogP contribution in [0.25, 0.3) is 0 Å². The Bertz CT molecular complexity index is 77.0. The van der Waals surface area contributed by atoms with Crippen LogP contribution in [0, 0.1) is 0 Å². The molecule has 0 aromatic carbocycles. The summed E-state index contributed by atoms with van der Waals surface area (Å²) in [4.78, 5) is 0. The van der Waals surface area contributed by atoms with Crippen LogP contribution in [0.2, 0.25) is 0 Å². The minimum atomic E-state index is 1.07. The van der Waals surface area contributed by atoms with Gasteiger partial charge in [0.2, 0.25) is 0 Å². The van der Waals surface area contributed by atoms with Gasteiger partial charge in [-0.1, -0.05) is 12.8 Å². The molecule has 0 saturated carbocycles. The van der Waals surface area contributed by atoms with Crippen molar-refractivity contribution in [2.75, 3.05) is 52.4 Å². The van der Waals surface area contributed by atoms with Crippen LogP contribution in [0.5, 0.6) is 0 Å². The van der Waals surface area contributed by atoms with Crippen LogP contribution >= 0.6 is 0 Å². The van der Waals surface area contributed by atoms with Crippen molar-refractivity contribution in [2.45, 2.75) is 25.7 Å². The number of hydrogen-bond donors (Lipinski definition) is 4. The molecule has 1 heterocycles. The molecule has 0 bridgehead atoms. The molecular formula is C12H28N4. The Morgan fingerprint density at radius 1 is 0.312 bits per heavy atom. The Morgan fingerprint density at radius 2 is 0.625 bits per heavy atom. The van der Waals surface area contributed by atoms with Crippen molar-refractivity contribution in [3.63, 3.8) is 0 Å². The number of hydrogen-bond acceptors (Lipinski definition) is 4. The molecule has 96 valence electrons. The van der Waals surface area contributed by atoms with Crippen LogP contribution in [0.4, 0.5) is 0 Å². The molecular weight excluding hydrogens is 200 g/mol. The molecule has 16 heavy (non-hydrogen) atoms. The quantitative estimate of drug-likeness (QED) is 0.468. The lowest BCUT2D eigenvalue weighted by Gasteiger charge is -2.10. The van der Waals surface area contributed by atoms with Crippen molar-refractivity contribution >= 4 is 0 Å². The summed E-state index contributed by atoms with van der Waals surface area (Å²) in [5.74, 6) is 0. The molecule has 4 heteroatoms. The smallest absolute Gasteiger partial charge is 0.00772 e. The summed E-state index contributed by atoms with van der Waals surface area (Å²) in [5, 5.41) is 13.8. The SMILES string of the molecule is C1CCCNCCNCCNCCNCC1. The first-order valence-corrected chi connectivity index (χ1v) is 6.83. The van der Waals surface area contributed by atoms with Gasteiger partial charge in [0.25, 0.3) is 0 Å². The fraction of sp³-hybridized carbons (Fsp3) is 1.00. The third-order valence-electron chi connectivity index (χ3n) is 2.89. The van der Waals surface area contributed by atoms with Gasteiger partial charge in [-0.05, 0) is 25.9 Å². The van der Waals surface area contributed by atoms with E-state index in [1.54, 1.807) is 0 Å². The zero-order chi connectivity index (χ0) is 11.3. The second-order valence-corrected chi connectivity index (χ2v) is 4.41. The van der Waals surface area contributed by atoms with Gasteiger partial charge in [-0.25, -0.2) is 0 Å². The topological polar surface area (TPSA) is 48.1 Å². The highest BCUT2D eigenvalue weighted by Gasteiger charge is 1.93. The minimum absolute atomic E-state index is 1.07. The van der Waals surface area contributed by atoms with Gasteiger partial charge in [0.15, 0.2) is 0 Å². The number of rotatable bonds is 0. The summed E-state index contributed by atoms with van der Waals surface area (Å²) in [5.41, 5.74) is 0. The van der Waals surface area contributed by atoms with Gasteiger partial charge >= 0.3 is 0 Å². The highest BCUT2D eigenvalue weighted by Crippen LogP contribution is 1.97. The predicted octanol–water partition coefficient (Wildman–Crippen LogP) is -0.0812. The van der Waals surface area contributed by atoms with Gasteiger partial charge in [-0.2, -0.15) is 0 Å². The van der Waals surface area contributed by atoms with Crippen LogP contribution in [0.15, 0.2) is 0 Å². The fourth-order valence-corrected chi connectivity index (χ4v) is 1.88. The third-order valence-corrected chi connectivity index (χ3v) is 2.89. The van der Waals surface area contributed by atoms with E-state index in [0.29, 0.717) is 0 Å². The summed E-state index contributed by atoms with van der Waals surface area (Å²) in [6, 6.07) is 0. The first kappa shape index (κ1) is 13.9. The summed E-state index contributed by atoms with van der Waals surface area (Å²) in [7, 11) is 0. The molecule has 1 rings (SSSR count). The molecule has 0 aromatic rings. The highest BCUT2D eigenvalue weighted by molar-refractivity contribution is 4.58. The first-order chi connectivity index (χ1) is 8.00. The van der Waals surface area contributed by atoms with Crippen LogP contribution in [-0.2, 0) is 0 Å². The lowest BCUT2D eigenvalue weighted by Crippen LogP contribution is -2.35. The summed E-state index contributed by atoms with van der Waals surface area (Å²) in [6.07, 6.45) is 5.36. The Morgan fingerprint density at radius 3 is 1.00 bits per heavy atom. The van der Waals surface area contributed by atoms with E-state index in [9.17, 15) is 0 Å². The number of nitrogens with one attached hydrogen (secondary N) is 4. The van der Waals surface area contributed by atoms with Crippen LogP contribution in [0.1, 0.15) is 25.7 Å². The standard InChI is InChI=1S/C12H28N4/c1-2-4-6-14-8-10-16-12-11-15-9-7-13-5-3-1/h13-16H,1-12H2. The molecule has 1 saturated heterocycles. The van der Waals surface area contributed by atoms with Crippen molar-refractivity contribution in [3.8, 4) is 0 Å². The minimum Gasteiger partial charge on any atom is -0.315 e. The Labute approximate surface area is 99.9 Å². The van der Waals surface area contributed by atoms with Gasteiger partial charge < -0.3 is 21.3 Å². The van der Waals surface area contributed by atoms with Gasteiger partial charge in [0.05, 0.1) is 0 Å². The molecule has 0 unspecified atom stereocenters. The fourth-order valence-electron chi connectivity index (χ4n) is 1.88. The molecule has 1 fully saturated rings. The molecule has 0 aromatic heterocycles. The molecule has 0 radical (unpaired) electrons. The average molecular weight is 228 g/mol. The first-order valence-electron chi connectivity index (χ1n) is 6.83. The lowest BCUT2D eigenvalue weighted by atomic mass is 10.2. The molecule has 0 amide bonds. The van der Waals surface area contributed by atoms with Gasteiger partial charge in [-0.15, -0.1) is 0 Å². The van der Waals surface area contributed by atoms with E-state index in [1.165, 1.54) is 38.8 Å². The summed E-state index contributed by atoms with van der Waals surface area (Å²) >= 11 is 0. The maximum atomic E-state index is 3.47. The van der Waals surface area contributed by atoms with Crippen LogP contribution < -0.4 is 21.3 Å². The van der Waals surface area contributed by atoms with Crippen molar-refractivity contribution in [3.05, 3.63) is 0 Å². The van der Waals surface area contributed by atoms with Crippen LogP contribution in [-0.4, -0.2) is 52.4 Å². The molecule has 0 spiro atoms. The van der Waals surface area contributed by atoms with Gasteiger partial charge in [0.1, 0.15) is 0 Å². The van der Waals surface area contributed by atoms with Crippen LogP contribution in [0.3, 0.4) is 0 Å².